The summed E-state index contributed by atoms with van der Waals surface area (Å²) in [5.41, 5.74) is 0.774. The molecule has 2 N–H and O–H groups in total. The van der Waals surface area contributed by atoms with Crippen molar-refractivity contribution in [3.8, 4) is 0 Å². The first kappa shape index (κ1) is 20.4. The molecule has 25 heavy (non-hydrogen) atoms. The Bertz CT molecular complexity index is 589. The molecule has 0 aromatic heterocycles. The van der Waals surface area contributed by atoms with Crippen LogP contribution in [0.2, 0.25) is 0 Å². The Morgan fingerprint density at radius 1 is 1.32 bits per heavy atom. The van der Waals surface area contributed by atoms with Gasteiger partial charge in [-0.3, -0.25) is 4.99 Å². The van der Waals surface area contributed by atoms with Gasteiger partial charge in [-0.1, -0.05) is 18.2 Å². The van der Waals surface area contributed by atoms with Crippen LogP contribution in [0.25, 0.3) is 0 Å². The fourth-order valence-corrected chi connectivity index (χ4v) is 3.74. The molecular weight excluding hydrogens is 430 g/mol. The van der Waals surface area contributed by atoms with E-state index in [1.54, 1.807) is 19.2 Å². The molecule has 0 amide bonds. The van der Waals surface area contributed by atoms with Crippen LogP contribution >= 0.6 is 24.0 Å². The third-order valence-electron chi connectivity index (χ3n) is 5.40. The second-order valence-corrected chi connectivity index (χ2v) is 7.34. The minimum atomic E-state index is -0.0926. The fourth-order valence-electron chi connectivity index (χ4n) is 3.74. The molecule has 1 aliphatic heterocycles. The Morgan fingerprint density at radius 2 is 2.08 bits per heavy atom. The van der Waals surface area contributed by atoms with Gasteiger partial charge in [-0.25, -0.2) is 4.39 Å². The van der Waals surface area contributed by atoms with Crippen LogP contribution in [-0.4, -0.2) is 51.1 Å². The lowest BCUT2D eigenvalue weighted by Gasteiger charge is -2.30. The standard InChI is InChI=1S/C19H29FN4.HI/c1-21-18(22-12-15-6-5-11-24(2)13-15)23-14-19(9-10-19)16-7-3-4-8-17(16)20;/h3-4,7-8,15H,5-6,9-14H2,1-2H3,(H2,21,22,23);1H. The second-order valence-electron chi connectivity index (χ2n) is 7.34. The Kier molecular flexibility index (Phi) is 7.49. The quantitative estimate of drug-likeness (QED) is 0.403. The van der Waals surface area contributed by atoms with Crippen molar-refractivity contribution in [2.24, 2.45) is 10.9 Å². The van der Waals surface area contributed by atoms with Gasteiger partial charge < -0.3 is 15.5 Å². The van der Waals surface area contributed by atoms with Crippen molar-refractivity contribution in [1.29, 1.82) is 0 Å². The first-order valence-electron chi connectivity index (χ1n) is 9.01. The van der Waals surface area contributed by atoms with E-state index >= 15 is 0 Å². The summed E-state index contributed by atoms with van der Waals surface area (Å²) in [6, 6.07) is 7.15. The number of nitrogens with one attached hydrogen (secondary N) is 2. The summed E-state index contributed by atoms with van der Waals surface area (Å²) in [4.78, 5) is 6.72. The number of benzene rings is 1. The predicted molar refractivity (Wildman–Crippen MR) is 112 cm³/mol. The summed E-state index contributed by atoms with van der Waals surface area (Å²) in [5.74, 6) is 1.40. The van der Waals surface area contributed by atoms with Crippen molar-refractivity contribution in [2.45, 2.75) is 31.1 Å². The highest BCUT2D eigenvalue weighted by molar-refractivity contribution is 14.0. The third kappa shape index (κ3) is 5.29. The van der Waals surface area contributed by atoms with E-state index in [-0.39, 0.29) is 35.2 Å². The van der Waals surface area contributed by atoms with Crippen LogP contribution in [0.4, 0.5) is 4.39 Å². The molecule has 1 saturated heterocycles. The zero-order valence-corrected chi connectivity index (χ0v) is 17.6. The molecule has 1 aromatic rings. The summed E-state index contributed by atoms with van der Waals surface area (Å²) in [6.45, 7) is 4.02. The number of piperidine rings is 1. The summed E-state index contributed by atoms with van der Waals surface area (Å²) < 4.78 is 14.1. The van der Waals surface area contributed by atoms with Gasteiger partial charge in [-0.2, -0.15) is 0 Å². The smallest absolute Gasteiger partial charge is 0.191 e. The van der Waals surface area contributed by atoms with Crippen LogP contribution in [0.5, 0.6) is 0 Å². The molecule has 1 atom stereocenters. The average Bonchev–Trinajstić information content (AvgIpc) is 3.36. The Hall–Kier alpha value is -0.890. The monoisotopic (exact) mass is 460 g/mol. The largest absolute Gasteiger partial charge is 0.356 e. The number of hydrogen-bond acceptors (Lipinski definition) is 2. The maximum atomic E-state index is 14.1. The summed E-state index contributed by atoms with van der Waals surface area (Å²) in [7, 11) is 3.98. The second kappa shape index (κ2) is 9.16. The van der Waals surface area contributed by atoms with E-state index in [0.29, 0.717) is 5.92 Å². The minimum absolute atomic E-state index is 0. The normalized spacial score (nSPS) is 22.8. The molecule has 140 valence electrons. The van der Waals surface area contributed by atoms with Crippen LogP contribution in [0, 0.1) is 11.7 Å². The highest BCUT2D eigenvalue weighted by Gasteiger charge is 2.45. The van der Waals surface area contributed by atoms with Crippen LogP contribution < -0.4 is 10.6 Å². The molecule has 1 aliphatic carbocycles. The molecule has 0 spiro atoms. The van der Waals surface area contributed by atoms with E-state index in [2.05, 4.69) is 27.6 Å². The van der Waals surface area contributed by atoms with Crippen molar-refractivity contribution in [3.63, 3.8) is 0 Å². The Balaban J connectivity index is 0.00000225. The SMILES string of the molecule is CN=C(NCC1CCCN(C)C1)NCC1(c2ccccc2F)CC1.I. The van der Waals surface area contributed by atoms with Gasteiger partial charge in [0.2, 0.25) is 0 Å². The van der Waals surface area contributed by atoms with Gasteiger partial charge >= 0.3 is 0 Å². The van der Waals surface area contributed by atoms with Crippen LogP contribution in [0.1, 0.15) is 31.2 Å². The van der Waals surface area contributed by atoms with Crippen LogP contribution in [0.3, 0.4) is 0 Å². The van der Waals surface area contributed by atoms with Crippen molar-refractivity contribution < 1.29 is 4.39 Å². The molecule has 4 nitrogen and oxygen atoms in total. The van der Waals surface area contributed by atoms with Crippen molar-refractivity contribution >= 4 is 29.9 Å². The highest BCUT2D eigenvalue weighted by atomic mass is 127. The summed E-state index contributed by atoms with van der Waals surface area (Å²) >= 11 is 0. The summed E-state index contributed by atoms with van der Waals surface area (Å²) in [5, 5.41) is 6.85. The number of rotatable bonds is 5. The molecule has 0 bridgehead atoms. The molecule has 1 saturated carbocycles. The van der Waals surface area contributed by atoms with Crippen molar-refractivity contribution in [1.82, 2.24) is 15.5 Å². The van der Waals surface area contributed by atoms with E-state index in [1.165, 1.54) is 19.4 Å². The molecular formula is C19H30FIN4. The number of likely N-dealkylation sites (tertiary alicyclic amines) is 1. The zero-order chi connectivity index (χ0) is 17.0. The predicted octanol–water partition coefficient (Wildman–Crippen LogP) is 2.98. The van der Waals surface area contributed by atoms with E-state index < -0.39 is 0 Å². The molecule has 1 aromatic carbocycles. The first-order chi connectivity index (χ1) is 11.6. The Labute approximate surface area is 167 Å². The average molecular weight is 460 g/mol. The lowest BCUT2D eigenvalue weighted by atomic mass is 9.95. The molecule has 1 unspecified atom stereocenters. The van der Waals surface area contributed by atoms with E-state index in [0.717, 1.165) is 44.0 Å². The maximum absolute atomic E-state index is 14.1. The molecule has 0 radical (unpaired) electrons. The maximum Gasteiger partial charge on any atom is 0.191 e. The number of hydrogen-bond donors (Lipinski definition) is 2. The molecule has 2 aliphatic rings. The fraction of sp³-hybridized carbons (Fsp3) is 0.632. The van der Waals surface area contributed by atoms with E-state index in [1.807, 2.05) is 12.1 Å². The Morgan fingerprint density at radius 3 is 2.72 bits per heavy atom. The van der Waals surface area contributed by atoms with Gasteiger partial charge in [0.25, 0.3) is 0 Å². The van der Waals surface area contributed by atoms with Gasteiger partial charge in [-0.15, -0.1) is 24.0 Å². The first-order valence-corrected chi connectivity index (χ1v) is 9.01. The number of guanidine groups is 1. The highest BCUT2D eigenvalue weighted by Crippen LogP contribution is 2.48. The third-order valence-corrected chi connectivity index (χ3v) is 5.40. The van der Waals surface area contributed by atoms with Crippen molar-refractivity contribution in [2.75, 3.05) is 40.3 Å². The van der Waals surface area contributed by atoms with Gasteiger partial charge in [0, 0.05) is 32.1 Å². The topological polar surface area (TPSA) is 39.7 Å². The minimum Gasteiger partial charge on any atom is -0.356 e. The van der Waals surface area contributed by atoms with E-state index in [9.17, 15) is 4.39 Å². The lowest BCUT2D eigenvalue weighted by Crippen LogP contribution is -2.45. The van der Waals surface area contributed by atoms with Crippen LogP contribution in [-0.2, 0) is 5.41 Å². The van der Waals surface area contributed by atoms with Gasteiger partial charge in [-0.05, 0) is 56.8 Å². The number of aliphatic imine (C=N–C) groups is 1. The molecule has 6 heteroatoms. The zero-order valence-electron chi connectivity index (χ0n) is 15.2. The van der Waals surface area contributed by atoms with Gasteiger partial charge in [0.1, 0.15) is 5.82 Å². The van der Waals surface area contributed by atoms with Gasteiger partial charge in [0.15, 0.2) is 5.96 Å². The molecule has 1 heterocycles. The summed E-state index contributed by atoms with van der Waals surface area (Å²) in [6.07, 6.45) is 4.61. The van der Waals surface area contributed by atoms with Gasteiger partial charge in [0.05, 0.1) is 0 Å². The molecule has 3 rings (SSSR count). The lowest BCUT2D eigenvalue weighted by molar-refractivity contribution is 0.210. The molecule has 2 fully saturated rings. The number of halogens is 2. The van der Waals surface area contributed by atoms with Crippen LogP contribution in [0.15, 0.2) is 29.3 Å². The van der Waals surface area contributed by atoms with E-state index in [4.69, 9.17) is 0 Å². The number of nitrogens with zero attached hydrogens (tertiary/aromatic N) is 2. The van der Waals surface area contributed by atoms with Crippen molar-refractivity contribution in [3.05, 3.63) is 35.6 Å².